The minimum atomic E-state index is -0.656. The molecule has 1 saturated carbocycles. The van der Waals surface area contributed by atoms with E-state index in [1.165, 1.54) is 0 Å². The number of carbonyl (C=O) groups excluding carboxylic acids is 3. The molecule has 3 atom stereocenters. The zero-order valence-corrected chi connectivity index (χ0v) is 18.1. The maximum Gasteiger partial charge on any atom is 0.407 e. The third-order valence-corrected chi connectivity index (χ3v) is 4.69. The molecule has 1 aromatic rings. The first-order valence-corrected chi connectivity index (χ1v) is 10.3. The number of alkyl carbamates (subject to hydrolysis) is 2. The number of rotatable bonds is 6. The van der Waals surface area contributed by atoms with Crippen LogP contribution in [-0.2, 0) is 25.6 Å². The van der Waals surface area contributed by atoms with Gasteiger partial charge in [0.05, 0.1) is 24.6 Å². The number of ether oxygens (including phenoxy) is 3. The van der Waals surface area contributed by atoms with E-state index in [-0.39, 0.29) is 24.5 Å². The SMILES string of the molecule is CCOC(=O)[C@H]1CC[C@@H](NC(=O)OCc2ccccc2)[C@H](NC(=O)OC(C)(C)C)C1. The second-order valence-electron chi connectivity index (χ2n) is 8.33. The third-order valence-electron chi connectivity index (χ3n) is 4.69. The lowest BCUT2D eigenvalue weighted by Crippen LogP contribution is -2.56. The van der Waals surface area contributed by atoms with Gasteiger partial charge in [0.15, 0.2) is 0 Å². The molecule has 8 nitrogen and oxygen atoms in total. The molecule has 0 unspecified atom stereocenters. The summed E-state index contributed by atoms with van der Waals surface area (Å²) >= 11 is 0. The number of esters is 1. The molecule has 8 heteroatoms. The summed E-state index contributed by atoms with van der Waals surface area (Å²) in [6.45, 7) is 7.51. The van der Waals surface area contributed by atoms with Crippen LogP contribution in [0.5, 0.6) is 0 Å². The molecular weight excluding hydrogens is 388 g/mol. The van der Waals surface area contributed by atoms with E-state index < -0.39 is 23.8 Å². The number of hydrogen-bond donors (Lipinski definition) is 2. The van der Waals surface area contributed by atoms with Gasteiger partial charge in [0.25, 0.3) is 0 Å². The molecule has 2 N–H and O–H groups in total. The second-order valence-corrected chi connectivity index (χ2v) is 8.33. The van der Waals surface area contributed by atoms with Crippen LogP contribution in [0.15, 0.2) is 30.3 Å². The van der Waals surface area contributed by atoms with Crippen LogP contribution in [0.1, 0.15) is 52.5 Å². The largest absolute Gasteiger partial charge is 0.466 e. The van der Waals surface area contributed by atoms with Crippen LogP contribution in [-0.4, -0.2) is 42.4 Å². The van der Waals surface area contributed by atoms with Gasteiger partial charge in [0, 0.05) is 0 Å². The maximum absolute atomic E-state index is 12.3. The average Bonchev–Trinajstić information content (AvgIpc) is 2.67. The normalized spacial score (nSPS) is 21.3. The van der Waals surface area contributed by atoms with Crippen LogP contribution in [0.25, 0.3) is 0 Å². The van der Waals surface area contributed by atoms with Gasteiger partial charge in [-0.2, -0.15) is 0 Å². The monoisotopic (exact) mass is 420 g/mol. The summed E-state index contributed by atoms with van der Waals surface area (Å²) in [5.74, 6) is -0.637. The summed E-state index contributed by atoms with van der Waals surface area (Å²) in [5.41, 5.74) is 0.221. The predicted octanol–water partition coefficient (Wildman–Crippen LogP) is 3.54. The molecule has 0 aromatic heterocycles. The van der Waals surface area contributed by atoms with Gasteiger partial charge in [0.2, 0.25) is 0 Å². The Bertz CT molecular complexity index is 716. The zero-order valence-electron chi connectivity index (χ0n) is 18.1. The first kappa shape index (κ1) is 23.5. The summed E-state index contributed by atoms with van der Waals surface area (Å²) in [6.07, 6.45) is 0.233. The van der Waals surface area contributed by atoms with E-state index >= 15 is 0 Å². The van der Waals surface area contributed by atoms with Gasteiger partial charge in [-0.05, 0) is 52.5 Å². The smallest absolute Gasteiger partial charge is 0.407 e. The summed E-state index contributed by atoms with van der Waals surface area (Å²) in [6, 6.07) is 8.49. The molecule has 1 aliphatic carbocycles. The summed E-state index contributed by atoms with van der Waals surface area (Å²) in [5, 5.41) is 5.61. The van der Waals surface area contributed by atoms with Gasteiger partial charge in [0.1, 0.15) is 12.2 Å². The molecule has 0 spiro atoms. The second kappa shape index (κ2) is 10.8. The highest BCUT2D eigenvalue weighted by Gasteiger charge is 2.37. The quantitative estimate of drug-likeness (QED) is 0.539. The first-order valence-electron chi connectivity index (χ1n) is 10.3. The molecule has 0 radical (unpaired) electrons. The van der Waals surface area contributed by atoms with Gasteiger partial charge in [-0.3, -0.25) is 4.79 Å². The molecule has 0 saturated heterocycles. The molecule has 166 valence electrons. The predicted molar refractivity (Wildman–Crippen MR) is 111 cm³/mol. The van der Waals surface area contributed by atoms with Gasteiger partial charge in [-0.1, -0.05) is 30.3 Å². The Kier molecular flexibility index (Phi) is 8.50. The summed E-state index contributed by atoms with van der Waals surface area (Å²) in [4.78, 5) is 36.7. The van der Waals surface area contributed by atoms with Gasteiger partial charge < -0.3 is 24.8 Å². The van der Waals surface area contributed by atoms with Crippen molar-refractivity contribution in [3.05, 3.63) is 35.9 Å². The molecule has 1 fully saturated rings. The van der Waals surface area contributed by atoms with Crippen LogP contribution >= 0.6 is 0 Å². The molecule has 0 aliphatic heterocycles. The van der Waals surface area contributed by atoms with E-state index in [0.717, 1.165) is 5.56 Å². The molecule has 30 heavy (non-hydrogen) atoms. The zero-order chi connectivity index (χ0) is 22.1. The molecule has 0 bridgehead atoms. The van der Waals surface area contributed by atoms with Gasteiger partial charge in [-0.15, -0.1) is 0 Å². The summed E-state index contributed by atoms with van der Waals surface area (Å²) in [7, 11) is 0. The van der Waals surface area contributed by atoms with Gasteiger partial charge in [-0.25, -0.2) is 9.59 Å². The average molecular weight is 421 g/mol. The Balaban J connectivity index is 1.98. The van der Waals surface area contributed by atoms with Crippen molar-refractivity contribution in [3.63, 3.8) is 0 Å². The lowest BCUT2D eigenvalue weighted by Gasteiger charge is -2.36. The van der Waals surface area contributed by atoms with Crippen molar-refractivity contribution in [1.82, 2.24) is 10.6 Å². The minimum Gasteiger partial charge on any atom is -0.466 e. The third kappa shape index (κ3) is 7.93. The Morgan fingerprint density at radius 1 is 0.967 bits per heavy atom. The van der Waals surface area contributed by atoms with E-state index in [4.69, 9.17) is 14.2 Å². The molecule has 0 heterocycles. The molecule has 1 aliphatic rings. The molecule has 2 rings (SSSR count). The van der Waals surface area contributed by atoms with E-state index in [0.29, 0.717) is 25.9 Å². The van der Waals surface area contributed by atoms with E-state index in [1.807, 2.05) is 30.3 Å². The van der Waals surface area contributed by atoms with Crippen molar-refractivity contribution < 1.29 is 28.6 Å². The van der Waals surface area contributed by atoms with Crippen molar-refractivity contribution in [3.8, 4) is 0 Å². The van der Waals surface area contributed by atoms with Crippen molar-refractivity contribution in [2.24, 2.45) is 5.92 Å². The fourth-order valence-electron chi connectivity index (χ4n) is 3.35. The van der Waals surface area contributed by atoms with Crippen LogP contribution in [0.3, 0.4) is 0 Å². The van der Waals surface area contributed by atoms with E-state index in [2.05, 4.69) is 10.6 Å². The molecule has 1 aromatic carbocycles. The topological polar surface area (TPSA) is 103 Å². The summed E-state index contributed by atoms with van der Waals surface area (Å²) < 4.78 is 15.7. The number of amides is 2. The van der Waals surface area contributed by atoms with Crippen molar-refractivity contribution in [2.45, 2.75) is 71.2 Å². The highest BCUT2D eigenvalue weighted by molar-refractivity contribution is 5.74. The Hall–Kier alpha value is -2.77. The number of nitrogens with one attached hydrogen (secondary N) is 2. The van der Waals surface area contributed by atoms with Crippen LogP contribution in [0, 0.1) is 5.92 Å². The van der Waals surface area contributed by atoms with Crippen molar-refractivity contribution in [1.29, 1.82) is 0 Å². The standard InChI is InChI=1S/C22H32N2O6/c1-5-28-19(25)16-11-12-17(18(13-16)24-21(27)30-22(2,3)4)23-20(26)29-14-15-9-7-6-8-10-15/h6-10,16-18H,5,11-14H2,1-4H3,(H,23,26)(H,24,27)/t16-,17+,18+/m0/s1. The fourth-order valence-corrected chi connectivity index (χ4v) is 3.35. The molecular formula is C22H32N2O6. The molecule has 2 amide bonds. The Labute approximate surface area is 177 Å². The number of carbonyl (C=O) groups is 3. The fraction of sp³-hybridized carbons (Fsp3) is 0.591. The van der Waals surface area contributed by atoms with Crippen LogP contribution < -0.4 is 10.6 Å². The lowest BCUT2D eigenvalue weighted by molar-refractivity contribution is -0.149. The lowest BCUT2D eigenvalue weighted by atomic mass is 9.82. The van der Waals surface area contributed by atoms with Crippen molar-refractivity contribution >= 4 is 18.2 Å². The van der Waals surface area contributed by atoms with Gasteiger partial charge >= 0.3 is 18.2 Å². The Morgan fingerprint density at radius 3 is 2.27 bits per heavy atom. The van der Waals surface area contributed by atoms with E-state index in [9.17, 15) is 14.4 Å². The number of benzene rings is 1. The maximum atomic E-state index is 12.3. The van der Waals surface area contributed by atoms with Crippen molar-refractivity contribution in [2.75, 3.05) is 6.61 Å². The minimum absolute atomic E-state index is 0.148. The Morgan fingerprint density at radius 2 is 1.63 bits per heavy atom. The van der Waals surface area contributed by atoms with Crippen LogP contribution in [0.2, 0.25) is 0 Å². The highest BCUT2D eigenvalue weighted by atomic mass is 16.6. The van der Waals surface area contributed by atoms with E-state index in [1.54, 1.807) is 27.7 Å². The van der Waals surface area contributed by atoms with Crippen LogP contribution in [0.4, 0.5) is 9.59 Å². The number of hydrogen-bond acceptors (Lipinski definition) is 6. The first-order chi connectivity index (χ1) is 14.2. The highest BCUT2D eigenvalue weighted by Crippen LogP contribution is 2.26.